The van der Waals surface area contributed by atoms with Crippen LogP contribution in [0.25, 0.3) is 17.0 Å². The molecule has 0 fully saturated rings. The summed E-state index contributed by atoms with van der Waals surface area (Å²) in [6.07, 6.45) is 1.43. The van der Waals surface area contributed by atoms with Gasteiger partial charge in [-0.15, -0.1) is 11.3 Å². The van der Waals surface area contributed by atoms with E-state index >= 15 is 0 Å². The van der Waals surface area contributed by atoms with E-state index in [-0.39, 0.29) is 6.54 Å². The van der Waals surface area contributed by atoms with Crippen molar-refractivity contribution in [2.45, 2.75) is 4.21 Å². The number of aromatic nitrogens is 4. The highest BCUT2D eigenvalue weighted by Gasteiger charge is 2.14. The van der Waals surface area contributed by atoms with E-state index in [9.17, 15) is 8.42 Å². The van der Waals surface area contributed by atoms with Crippen molar-refractivity contribution >= 4 is 33.0 Å². The van der Waals surface area contributed by atoms with E-state index in [0.29, 0.717) is 22.3 Å². The number of fused-ring (bicyclic) bond motifs is 1. The lowest BCUT2D eigenvalue weighted by Crippen LogP contribution is -2.28. The highest BCUT2D eigenvalue weighted by molar-refractivity contribution is 7.91. The second-order valence-electron chi connectivity index (χ2n) is 5.62. The predicted octanol–water partition coefficient (Wildman–Crippen LogP) is 2.24. The van der Waals surface area contributed by atoms with E-state index in [0.717, 1.165) is 11.3 Å². The van der Waals surface area contributed by atoms with Gasteiger partial charge in [0, 0.05) is 24.7 Å². The minimum Gasteiger partial charge on any atom is -0.369 e. The summed E-state index contributed by atoms with van der Waals surface area (Å²) in [4.78, 5) is 8.66. The zero-order chi connectivity index (χ0) is 18.7. The molecule has 0 unspecified atom stereocenters. The lowest BCUT2D eigenvalue weighted by Gasteiger charge is -2.10. The molecule has 0 atom stereocenters. The minimum atomic E-state index is -3.47. The first-order chi connectivity index (χ1) is 13.1. The Hall–Kier alpha value is -2.82. The summed E-state index contributed by atoms with van der Waals surface area (Å²) < 4.78 is 28.8. The van der Waals surface area contributed by atoms with E-state index in [2.05, 4.69) is 25.1 Å². The first-order valence-electron chi connectivity index (χ1n) is 8.17. The van der Waals surface area contributed by atoms with Gasteiger partial charge in [0.2, 0.25) is 10.0 Å². The molecule has 27 heavy (non-hydrogen) atoms. The third-order valence-corrected chi connectivity index (χ3v) is 6.66. The highest BCUT2D eigenvalue weighted by Crippen LogP contribution is 2.21. The number of nitrogens with one attached hydrogen (secondary N) is 2. The van der Waals surface area contributed by atoms with Crippen LogP contribution >= 0.6 is 11.3 Å². The Balaban J connectivity index is 1.49. The second kappa shape index (κ2) is 7.43. The molecule has 0 saturated heterocycles. The van der Waals surface area contributed by atoms with Gasteiger partial charge in [0.25, 0.3) is 5.78 Å². The van der Waals surface area contributed by atoms with Crippen LogP contribution in [0.5, 0.6) is 0 Å². The first kappa shape index (κ1) is 17.6. The number of hydrogen-bond acceptors (Lipinski definition) is 7. The molecule has 0 bridgehead atoms. The molecule has 3 heterocycles. The van der Waals surface area contributed by atoms with Crippen LogP contribution in [0.4, 0.5) is 5.82 Å². The summed E-state index contributed by atoms with van der Waals surface area (Å²) in [5.41, 5.74) is 1.72. The Kier molecular flexibility index (Phi) is 4.84. The Bertz CT molecular complexity index is 1140. The van der Waals surface area contributed by atoms with Crippen LogP contribution in [0, 0.1) is 0 Å². The Labute approximate surface area is 160 Å². The quantitative estimate of drug-likeness (QED) is 0.462. The fourth-order valence-corrected chi connectivity index (χ4v) is 4.63. The topological polar surface area (TPSA) is 101 Å². The molecule has 0 aliphatic carbocycles. The van der Waals surface area contributed by atoms with Gasteiger partial charge in [0.1, 0.15) is 16.4 Å². The molecule has 138 valence electrons. The molecule has 1 aromatic carbocycles. The number of sulfonamides is 1. The number of benzene rings is 1. The molecular formula is C17H16N6O2S2. The Morgan fingerprint density at radius 1 is 1.07 bits per heavy atom. The molecule has 4 aromatic rings. The molecule has 8 nitrogen and oxygen atoms in total. The van der Waals surface area contributed by atoms with E-state index < -0.39 is 10.0 Å². The summed E-state index contributed by atoms with van der Waals surface area (Å²) >= 11 is 1.19. The maximum absolute atomic E-state index is 12.1. The van der Waals surface area contributed by atoms with Crippen LogP contribution in [0.15, 0.2) is 64.4 Å². The van der Waals surface area contributed by atoms with Crippen molar-refractivity contribution in [3.63, 3.8) is 0 Å². The molecule has 0 amide bonds. The van der Waals surface area contributed by atoms with Crippen LogP contribution in [0.2, 0.25) is 0 Å². The largest absolute Gasteiger partial charge is 0.369 e. The SMILES string of the molecule is O=S(=O)(NCCNc1cc(-c2ccccc2)nc2ncnn12)c1cccs1. The first-order valence-corrected chi connectivity index (χ1v) is 10.5. The lowest BCUT2D eigenvalue weighted by molar-refractivity contribution is 0.585. The minimum absolute atomic E-state index is 0.236. The molecule has 3 aromatic heterocycles. The van der Waals surface area contributed by atoms with E-state index in [1.54, 1.807) is 22.0 Å². The van der Waals surface area contributed by atoms with Gasteiger partial charge in [-0.1, -0.05) is 36.4 Å². The fourth-order valence-electron chi connectivity index (χ4n) is 2.56. The summed E-state index contributed by atoms with van der Waals surface area (Å²) in [5.74, 6) is 1.16. The third-order valence-electron chi connectivity index (χ3n) is 3.80. The molecule has 10 heteroatoms. The molecule has 0 aliphatic heterocycles. The van der Waals surface area contributed by atoms with Crippen molar-refractivity contribution in [3.8, 4) is 11.3 Å². The van der Waals surface area contributed by atoms with Gasteiger partial charge >= 0.3 is 0 Å². The molecular weight excluding hydrogens is 384 g/mol. The number of hydrogen-bond donors (Lipinski definition) is 2. The summed E-state index contributed by atoms with van der Waals surface area (Å²) in [6, 6.07) is 14.9. The maximum Gasteiger partial charge on any atom is 0.254 e. The van der Waals surface area contributed by atoms with Crippen molar-refractivity contribution in [3.05, 3.63) is 60.2 Å². The summed E-state index contributed by atoms with van der Waals surface area (Å²) in [6.45, 7) is 0.622. The van der Waals surface area contributed by atoms with Crippen LogP contribution in [0.3, 0.4) is 0 Å². The molecule has 0 spiro atoms. The van der Waals surface area contributed by atoms with Gasteiger partial charge in [0.05, 0.1) is 5.69 Å². The second-order valence-corrected chi connectivity index (χ2v) is 8.56. The van der Waals surface area contributed by atoms with Crippen molar-refractivity contribution in [2.75, 3.05) is 18.4 Å². The van der Waals surface area contributed by atoms with Gasteiger partial charge < -0.3 is 5.32 Å². The van der Waals surface area contributed by atoms with Crippen molar-refractivity contribution in [2.24, 2.45) is 0 Å². The van der Waals surface area contributed by atoms with Crippen LogP contribution in [-0.2, 0) is 10.0 Å². The van der Waals surface area contributed by atoms with Gasteiger partial charge in [-0.25, -0.2) is 18.1 Å². The van der Waals surface area contributed by atoms with Gasteiger partial charge in [-0.3, -0.25) is 0 Å². The van der Waals surface area contributed by atoms with E-state index in [1.165, 1.54) is 17.7 Å². The number of thiophene rings is 1. The number of nitrogens with zero attached hydrogens (tertiary/aromatic N) is 4. The molecule has 2 N–H and O–H groups in total. The summed E-state index contributed by atoms with van der Waals surface area (Å²) in [7, 11) is -3.47. The van der Waals surface area contributed by atoms with Crippen molar-refractivity contribution in [1.29, 1.82) is 0 Å². The normalized spacial score (nSPS) is 11.7. The predicted molar refractivity (Wildman–Crippen MR) is 104 cm³/mol. The highest BCUT2D eigenvalue weighted by atomic mass is 32.2. The zero-order valence-electron chi connectivity index (χ0n) is 14.1. The average molecular weight is 400 g/mol. The van der Waals surface area contributed by atoms with Gasteiger partial charge in [-0.2, -0.15) is 14.6 Å². The Morgan fingerprint density at radius 2 is 1.93 bits per heavy atom. The smallest absolute Gasteiger partial charge is 0.254 e. The Morgan fingerprint density at radius 3 is 2.70 bits per heavy atom. The molecule has 0 saturated carbocycles. The van der Waals surface area contributed by atoms with Gasteiger partial charge in [-0.05, 0) is 11.4 Å². The lowest BCUT2D eigenvalue weighted by atomic mass is 10.1. The average Bonchev–Trinajstić information content (AvgIpc) is 3.37. The van der Waals surface area contributed by atoms with Crippen molar-refractivity contribution < 1.29 is 8.42 Å². The number of rotatable bonds is 7. The number of anilines is 1. The molecule has 0 aliphatic rings. The fraction of sp³-hybridized carbons (Fsp3) is 0.118. The third kappa shape index (κ3) is 3.82. The van der Waals surface area contributed by atoms with Crippen LogP contribution < -0.4 is 10.0 Å². The monoisotopic (exact) mass is 400 g/mol. The van der Waals surface area contributed by atoms with Crippen LogP contribution in [-0.4, -0.2) is 41.1 Å². The standard InChI is InChI=1S/C17H16N6O2S2/c24-27(25,16-7-4-10-26-16)21-9-8-18-15-11-14(13-5-2-1-3-6-13)22-17-19-12-20-23(15)17/h1-7,10-12,18,21H,8-9H2. The van der Waals surface area contributed by atoms with Crippen LogP contribution in [0.1, 0.15) is 0 Å². The zero-order valence-corrected chi connectivity index (χ0v) is 15.7. The van der Waals surface area contributed by atoms with E-state index in [1.807, 2.05) is 36.4 Å². The summed E-state index contributed by atoms with van der Waals surface area (Å²) in [5, 5.41) is 9.10. The van der Waals surface area contributed by atoms with E-state index in [4.69, 9.17) is 0 Å². The van der Waals surface area contributed by atoms with Gasteiger partial charge in [0.15, 0.2) is 0 Å². The maximum atomic E-state index is 12.1. The van der Waals surface area contributed by atoms with Crippen molar-refractivity contribution in [1.82, 2.24) is 24.3 Å². The molecule has 4 rings (SSSR count). The molecule has 0 radical (unpaired) electrons.